The number of carbonyl (C=O) groups is 2. The normalized spacial score (nSPS) is 14.7. The number of amides is 1. The first kappa shape index (κ1) is 22.7. The molecule has 2 heterocycles. The van der Waals surface area contributed by atoms with Crippen molar-refractivity contribution in [3.8, 4) is 11.4 Å². The lowest BCUT2D eigenvalue weighted by molar-refractivity contribution is -0.121. The van der Waals surface area contributed by atoms with Crippen molar-refractivity contribution in [1.82, 2.24) is 15.0 Å². The van der Waals surface area contributed by atoms with Crippen molar-refractivity contribution >= 4 is 17.6 Å². The standard InChI is InChI=1S/C25H28N4O4/c1-3-32-25(31)20-9-10-21(17(2)15-20)26-24(30)19-11-13-29(14-12-19)16-22-27-23(28-33-22)18-7-5-4-6-8-18/h4-10,15,19H,3,11-14,16H2,1-2H3,(H,26,30). The van der Waals surface area contributed by atoms with E-state index in [1.165, 1.54) is 0 Å². The topological polar surface area (TPSA) is 97.6 Å². The number of hydrogen-bond acceptors (Lipinski definition) is 7. The Hall–Kier alpha value is -3.52. The van der Waals surface area contributed by atoms with Crippen molar-refractivity contribution < 1.29 is 18.8 Å². The molecule has 1 aliphatic heterocycles. The molecular formula is C25H28N4O4. The maximum atomic E-state index is 12.8. The van der Waals surface area contributed by atoms with Gasteiger partial charge in [-0.3, -0.25) is 9.69 Å². The van der Waals surface area contributed by atoms with E-state index < -0.39 is 0 Å². The minimum Gasteiger partial charge on any atom is -0.462 e. The second-order valence-corrected chi connectivity index (χ2v) is 8.17. The lowest BCUT2D eigenvalue weighted by atomic mass is 9.95. The summed E-state index contributed by atoms with van der Waals surface area (Å²) in [6.07, 6.45) is 1.51. The Morgan fingerprint density at radius 3 is 2.61 bits per heavy atom. The van der Waals surface area contributed by atoms with Crippen molar-refractivity contribution in [3.63, 3.8) is 0 Å². The van der Waals surface area contributed by atoms with Gasteiger partial charge in [0.1, 0.15) is 0 Å². The van der Waals surface area contributed by atoms with Crippen LogP contribution in [0.15, 0.2) is 53.1 Å². The van der Waals surface area contributed by atoms with E-state index in [-0.39, 0.29) is 17.8 Å². The van der Waals surface area contributed by atoms with Gasteiger partial charge in [0.25, 0.3) is 0 Å². The van der Waals surface area contributed by atoms with Crippen LogP contribution in [0.1, 0.15) is 41.6 Å². The lowest BCUT2D eigenvalue weighted by Gasteiger charge is -2.30. The molecule has 0 saturated carbocycles. The molecule has 4 rings (SSSR count). The molecule has 1 fully saturated rings. The van der Waals surface area contributed by atoms with Crippen LogP contribution in [0.3, 0.4) is 0 Å². The van der Waals surface area contributed by atoms with E-state index in [9.17, 15) is 9.59 Å². The van der Waals surface area contributed by atoms with Gasteiger partial charge in [0, 0.05) is 17.2 Å². The maximum Gasteiger partial charge on any atom is 0.338 e. The smallest absolute Gasteiger partial charge is 0.338 e. The first-order valence-corrected chi connectivity index (χ1v) is 11.2. The van der Waals surface area contributed by atoms with Crippen molar-refractivity contribution in [2.24, 2.45) is 5.92 Å². The fourth-order valence-electron chi connectivity index (χ4n) is 3.95. The van der Waals surface area contributed by atoms with E-state index in [2.05, 4.69) is 20.4 Å². The van der Waals surface area contributed by atoms with Crippen LogP contribution < -0.4 is 5.32 Å². The summed E-state index contributed by atoms with van der Waals surface area (Å²) in [6, 6.07) is 14.9. The summed E-state index contributed by atoms with van der Waals surface area (Å²) >= 11 is 0. The summed E-state index contributed by atoms with van der Waals surface area (Å²) in [6.45, 7) is 6.10. The first-order chi connectivity index (χ1) is 16.0. The largest absolute Gasteiger partial charge is 0.462 e. The highest BCUT2D eigenvalue weighted by Gasteiger charge is 2.26. The predicted molar refractivity (Wildman–Crippen MR) is 124 cm³/mol. The molecule has 0 radical (unpaired) electrons. The van der Waals surface area contributed by atoms with Crippen LogP contribution in [0.5, 0.6) is 0 Å². The number of anilines is 1. The number of esters is 1. The Balaban J connectivity index is 1.28. The number of benzene rings is 2. The van der Waals surface area contributed by atoms with Crippen molar-refractivity contribution in [1.29, 1.82) is 0 Å². The Kier molecular flexibility index (Phi) is 7.14. The molecule has 0 aliphatic carbocycles. The summed E-state index contributed by atoms with van der Waals surface area (Å²) < 4.78 is 10.4. The third-order valence-corrected chi connectivity index (χ3v) is 5.81. The molecule has 33 heavy (non-hydrogen) atoms. The zero-order valence-corrected chi connectivity index (χ0v) is 18.9. The molecule has 3 aromatic rings. The SMILES string of the molecule is CCOC(=O)c1ccc(NC(=O)C2CCN(Cc3nc(-c4ccccc4)no3)CC2)c(C)c1. The number of likely N-dealkylation sites (tertiary alicyclic amines) is 1. The van der Waals surface area contributed by atoms with E-state index in [4.69, 9.17) is 9.26 Å². The van der Waals surface area contributed by atoms with Crippen molar-refractivity contribution in [2.45, 2.75) is 33.2 Å². The predicted octanol–water partition coefficient (Wildman–Crippen LogP) is 4.07. The Bertz CT molecular complexity index is 1100. The number of hydrogen-bond donors (Lipinski definition) is 1. The molecule has 1 amide bonds. The summed E-state index contributed by atoms with van der Waals surface area (Å²) in [5, 5.41) is 7.09. The van der Waals surface area contributed by atoms with E-state index in [1.54, 1.807) is 25.1 Å². The van der Waals surface area contributed by atoms with Crippen molar-refractivity contribution in [3.05, 3.63) is 65.5 Å². The zero-order valence-electron chi connectivity index (χ0n) is 18.9. The number of piperidine rings is 1. The number of nitrogens with zero attached hydrogens (tertiary/aromatic N) is 3. The van der Waals surface area contributed by atoms with Crippen LogP contribution in [-0.4, -0.2) is 46.6 Å². The third-order valence-electron chi connectivity index (χ3n) is 5.81. The summed E-state index contributed by atoms with van der Waals surface area (Å²) in [5.41, 5.74) is 2.96. The Morgan fingerprint density at radius 2 is 1.91 bits per heavy atom. The molecule has 172 valence electrons. The summed E-state index contributed by atoms with van der Waals surface area (Å²) in [4.78, 5) is 31.4. The van der Waals surface area contributed by atoms with E-state index in [0.717, 1.165) is 42.7 Å². The average Bonchev–Trinajstić information content (AvgIpc) is 3.30. The summed E-state index contributed by atoms with van der Waals surface area (Å²) in [7, 11) is 0. The van der Waals surface area contributed by atoms with Gasteiger partial charge in [0.2, 0.25) is 17.6 Å². The van der Waals surface area contributed by atoms with Gasteiger partial charge in [0.15, 0.2) is 0 Å². The van der Waals surface area contributed by atoms with E-state index >= 15 is 0 Å². The minimum atomic E-state index is -0.358. The number of aryl methyl sites for hydroxylation is 1. The van der Waals surface area contributed by atoms with Gasteiger partial charge in [-0.2, -0.15) is 4.98 Å². The van der Waals surface area contributed by atoms with Gasteiger partial charge in [-0.05, 0) is 63.5 Å². The minimum absolute atomic E-state index is 0.00536. The highest BCUT2D eigenvalue weighted by Crippen LogP contribution is 2.23. The molecule has 8 nitrogen and oxygen atoms in total. The molecule has 2 aromatic carbocycles. The zero-order chi connectivity index (χ0) is 23.2. The van der Waals surface area contributed by atoms with Crippen LogP contribution >= 0.6 is 0 Å². The molecule has 1 aliphatic rings. The van der Waals surface area contributed by atoms with E-state index in [1.807, 2.05) is 37.3 Å². The fourth-order valence-corrected chi connectivity index (χ4v) is 3.95. The average molecular weight is 449 g/mol. The molecule has 0 bridgehead atoms. The number of nitrogens with one attached hydrogen (secondary N) is 1. The summed E-state index contributed by atoms with van der Waals surface area (Å²) in [5.74, 6) is 0.750. The fraction of sp³-hybridized carbons (Fsp3) is 0.360. The first-order valence-electron chi connectivity index (χ1n) is 11.2. The quantitative estimate of drug-likeness (QED) is 0.544. The lowest BCUT2D eigenvalue weighted by Crippen LogP contribution is -2.37. The highest BCUT2D eigenvalue weighted by molar-refractivity contribution is 5.95. The van der Waals surface area contributed by atoms with Gasteiger partial charge in [-0.15, -0.1) is 0 Å². The van der Waals surface area contributed by atoms with Crippen LogP contribution in [0, 0.1) is 12.8 Å². The van der Waals surface area contributed by atoms with Gasteiger partial charge in [-0.25, -0.2) is 4.79 Å². The second kappa shape index (κ2) is 10.4. The van der Waals surface area contributed by atoms with Gasteiger partial charge in [0.05, 0.1) is 18.7 Å². The molecule has 8 heteroatoms. The number of rotatable bonds is 7. The number of carbonyl (C=O) groups excluding carboxylic acids is 2. The Labute approximate surface area is 192 Å². The number of aromatic nitrogens is 2. The van der Waals surface area contributed by atoms with E-state index in [0.29, 0.717) is 30.4 Å². The maximum absolute atomic E-state index is 12.8. The third kappa shape index (κ3) is 5.64. The van der Waals surface area contributed by atoms with Crippen LogP contribution in [0.25, 0.3) is 11.4 Å². The van der Waals surface area contributed by atoms with Crippen LogP contribution in [0.2, 0.25) is 0 Å². The molecule has 1 aromatic heterocycles. The Morgan fingerprint density at radius 1 is 1.15 bits per heavy atom. The second-order valence-electron chi connectivity index (χ2n) is 8.17. The molecular weight excluding hydrogens is 420 g/mol. The molecule has 1 N–H and O–H groups in total. The molecule has 0 spiro atoms. The van der Waals surface area contributed by atoms with Gasteiger partial charge < -0.3 is 14.6 Å². The molecule has 0 atom stereocenters. The van der Waals surface area contributed by atoms with Crippen LogP contribution in [-0.2, 0) is 16.1 Å². The van der Waals surface area contributed by atoms with Gasteiger partial charge >= 0.3 is 5.97 Å². The molecule has 0 unspecified atom stereocenters. The monoisotopic (exact) mass is 448 g/mol. The highest BCUT2D eigenvalue weighted by atomic mass is 16.5. The molecule has 1 saturated heterocycles. The van der Waals surface area contributed by atoms with Gasteiger partial charge in [-0.1, -0.05) is 35.5 Å². The number of ether oxygens (including phenoxy) is 1. The van der Waals surface area contributed by atoms with Crippen LogP contribution in [0.4, 0.5) is 5.69 Å². The van der Waals surface area contributed by atoms with Crippen molar-refractivity contribution in [2.75, 3.05) is 25.0 Å².